The summed E-state index contributed by atoms with van der Waals surface area (Å²) >= 11 is 0. The average Bonchev–Trinajstić information content (AvgIpc) is 2.43. The number of hydrogen-bond donors (Lipinski definition) is 3. The Balaban J connectivity index is 2.31. The molecule has 19 heavy (non-hydrogen) atoms. The minimum absolute atomic E-state index is 0.108. The molecule has 1 amide bonds. The number of anilines is 1. The molecule has 1 heterocycles. The van der Waals surface area contributed by atoms with Gasteiger partial charge in [-0.25, -0.2) is 10.8 Å². The molecule has 0 saturated heterocycles. The highest BCUT2D eigenvalue weighted by atomic mass is 16.1. The third kappa shape index (κ3) is 5.23. The van der Waals surface area contributed by atoms with E-state index in [1.807, 2.05) is 0 Å². The number of hydrazine groups is 1. The Kier molecular flexibility index (Phi) is 6.24. The first kappa shape index (κ1) is 15.4. The number of nitrogens with one attached hydrogen (secondary N) is 2. The molecule has 0 atom stereocenters. The Labute approximate surface area is 114 Å². The van der Waals surface area contributed by atoms with E-state index in [1.165, 1.54) is 6.20 Å². The van der Waals surface area contributed by atoms with E-state index in [-0.39, 0.29) is 5.91 Å². The summed E-state index contributed by atoms with van der Waals surface area (Å²) in [6.07, 6.45) is 2.43. The first-order valence-electron chi connectivity index (χ1n) is 6.45. The van der Waals surface area contributed by atoms with Crippen LogP contribution in [0.5, 0.6) is 0 Å². The molecule has 0 radical (unpaired) electrons. The van der Waals surface area contributed by atoms with Gasteiger partial charge in [-0.1, -0.05) is 0 Å². The molecule has 1 aromatic rings. The molecule has 0 aliphatic heterocycles. The topological polar surface area (TPSA) is 83.3 Å². The number of hydrogen-bond acceptors (Lipinski definition) is 5. The number of aromatic nitrogens is 1. The van der Waals surface area contributed by atoms with Crippen molar-refractivity contribution in [3.05, 3.63) is 23.9 Å². The quantitative estimate of drug-likeness (QED) is 0.386. The van der Waals surface area contributed by atoms with E-state index in [9.17, 15) is 4.79 Å². The molecule has 0 aliphatic carbocycles. The van der Waals surface area contributed by atoms with E-state index in [0.29, 0.717) is 24.0 Å². The molecule has 106 valence electrons. The van der Waals surface area contributed by atoms with Crippen molar-refractivity contribution in [2.24, 2.45) is 5.84 Å². The number of nitrogens with two attached hydrogens (primary N) is 1. The molecule has 0 unspecified atom stereocenters. The van der Waals surface area contributed by atoms with Gasteiger partial charge in [0.05, 0.1) is 5.56 Å². The van der Waals surface area contributed by atoms with Crippen LogP contribution in [-0.2, 0) is 0 Å². The van der Waals surface area contributed by atoms with Gasteiger partial charge in [-0.3, -0.25) is 4.79 Å². The number of nitrogens with zero attached hydrogens (tertiary/aromatic N) is 2. The van der Waals surface area contributed by atoms with Gasteiger partial charge in [-0.2, -0.15) is 0 Å². The van der Waals surface area contributed by atoms with Gasteiger partial charge >= 0.3 is 0 Å². The van der Waals surface area contributed by atoms with Crippen LogP contribution in [0.15, 0.2) is 18.3 Å². The van der Waals surface area contributed by atoms with Crippen molar-refractivity contribution in [2.75, 3.05) is 25.6 Å². The lowest BCUT2D eigenvalue weighted by atomic mass is 10.2. The second-order valence-corrected chi connectivity index (χ2v) is 4.76. The van der Waals surface area contributed by atoms with E-state index in [1.54, 1.807) is 12.1 Å². The van der Waals surface area contributed by atoms with Crippen LogP contribution in [0.25, 0.3) is 0 Å². The van der Waals surface area contributed by atoms with E-state index < -0.39 is 0 Å². The zero-order valence-electron chi connectivity index (χ0n) is 11.8. The van der Waals surface area contributed by atoms with E-state index in [0.717, 1.165) is 13.0 Å². The molecule has 0 aliphatic rings. The summed E-state index contributed by atoms with van der Waals surface area (Å²) in [5.74, 6) is 5.64. The SMILES string of the molecule is CC(C)N(C)CCCNC(=O)c1ccc(NN)nc1. The van der Waals surface area contributed by atoms with Crippen LogP contribution in [0, 0.1) is 0 Å². The van der Waals surface area contributed by atoms with Gasteiger partial charge in [0.2, 0.25) is 0 Å². The van der Waals surface area contributed by atoms with Crippen molar-refractivity contribution < 1.29 is 4.79 Å². The fraction of sp³-hybridized carbons (Fsp3) is 0.538. The van der Waals surface area contributed by atoms with Crippen LogP contribution in [0.4, 0.5) is 5.82 Å². The van der Waals surface area contributed by atoms with Gasteiger partial charge < -0.3 is 15.6 Å². The van der Waals surface area contributed by atoms with Gasteiger partial charge in [0.15, 0.2) is 0 Å². The minimum atomic E-state index is -0.108. The number of rotatable bonds is 7. The predicted molar refractivity (Wildman–Crippen MR) is 76.8 cm³/mol. The van der Waals surface area contributed by atoms with Crippen molar-refractivity contribution in [1.82, 2.24) is 15.2 Å². The van der Waals surface area contributed by atoms with E-state index in [2.05, 4.69) is 41.5 Å². The van der Waals surface area contributed by atoms with E-state index in [4.69, 9.17) is 5.84 Å². The van der Waals surface area contributed by atoms with Gasteiger partial charge in [0, 0.05) is 18.8 Å². The molecule has 0 saturated carbocycles. The lowest BCUT2D eigenvalue weighted by Crippen LogP contribution is -2.31. The standard InChI is InChI=1S/C13H23N5O/c1-10(2)18(3)8-4-7-15-13(19)11-5-6-12(17-14)16-9-11/h5-6,9-10H,4,7-8,14H2,1-3H3,(H,15,19)(H,16,17). The molecular formula is C13H23N5O. The first-order valence-corrected chi connectivity index (χ1v) is 6.45. The fourth-order valence-corrected chi connectivity index (χ4v) is 1.50. The lowest BCUT2D eigenvalue weighted by Gasteiger charge is -2.20. The first-order chi connectivity index (χ1) is 9.04. The highest BCUT2D eigenvalue weighted by Gasteiger charge is 2.06. The zero-order chi connectivity index (χ0) is 14.3. The highest BCUT2D eigenvalue weighted by molar-refractivity contribution is 5.93. The van der Waals surface area contributed by atoms with Crippen molar-refractivity contribution >= 4 is 11.7 Å². The van der Waals surface area contributed by atoms with Crippen LogP contribution >= 0.6 is 0 Å². The molecular weight excluding hydrogens is 242 g/mol. The third-order valence-electron chi connectivity index (χ3n) is 3.03. The highest BCUT2D eigenvalue weighted by Crippen LogP contribution is 2.03. The number of amides is 1. The summed E-state index contributed by atoms with van der Waals surface area (Å²) in [4.78, 5) is 18.0. The molecule has 0 fully saturated rings. The Morgan fingerprint density at radius 2 is 2.21 bits per heavy atom. The van der Waals surface area contributed by atoms with Gasteiger partial charge in [-0.05, 0) is 46.0 Å². The summed E-state index contributed by atoms with van der Waals surface area (Å²) in [7, 11) is 2.08. The largest absolute Gasteiger partial charge is 0.352 e. The average molecular weight is 265 g/mol. The Hall–Kier alpha value is -1.66. The summed E-state index contributed by atoms with van der Waals surface area (Å²) in [6, 6.07) is 3.88. The van der Waals surface area contributed by atoms with Crippen LogP contribution in [-0.4, -0.2) is 42.0 Å². The van der Waals surface area contributed by atoms with Gasteiger partial charge in [0.1, 0.15) is 5.82 Å². The van der Waals surface area contributed by atoms with Crippen LogP contribution < -0.4 is 16.6 Å². The molecule has 0 bridgehead atoms. The second-order valence-electron chi connectivity index (χ2n) is 4.76. The fourth-order valence-electron chi connectivity index (χ4n) is 1.50. The summed E-state index contributed by atoms with van der Waals surface area (Å²) in [5.41, 5.74) is 2.96. The Morgan fingerprint density at radius 1 is 1.47 bits per heavy atom. The summed E-state index contributed by atoms with van der Waals surface area (Å²) in [6.45, 7) is 5.92. The van der Waals surface area contributed by atoms with Gasteiger partial charge in [-0.15, -0.1) is 0 Å². The monoisotopic (exact) mass is 265 g/mol. The summed E-state index contributed by atoms with van der Waals surface area (Å²) < 4.78 is 0. The lowest BCUT2D eigenvalue weighted by molar-refractivity contribution is 0.0951. The van der Waals surface area contributed by atoms with Crippen molar-refractivity contribution in [3.8, 4) is 0 Å². The molecule has 0 spiro atoms. The molecule has 0 aromatic carbocycles. The maximum absolute atomic E-state index is 11.8. The maximum Gasteiger partial charge on any atom is 0.252 e. The van der Waals surface area contributed by atoms with E-state index >= 15 is 0 Å². The number of pyridine rings is 1. The van der Waals surface area contributed by atoms with Crippen LogP contribution in [0.3, 0.4) is 0 Å². The Morgan fingerprint density at radius 3 is 2.74 bits per heavy atom. The zero-order valence-corrected chi connectivity index (χ0v) is 11.8. The molecule has 1 rings (SSSR count). The van der Waals surface area contributed by atoms with Crippen molar-refractivity contribution in [1.29, 1.82) is 0 Å². The smallest absolute Gasteiger partial charge is 0.252 e. The van der Waals surface area contributed by atoms with Crippen molar-refractivity contribution in [2.45, 2.75) is 26.3 Å². The summed E-state index contributed by atoms with van der Waals surface area (Å²) in [5, 5.41) is 2.87. The molecule has 6 nitrogen and oxygen atoms in total. The molecule has 6 heteroatoms. The molecule has 1 aromatic heterocycles. The van der Waals surface area contributed by atoms with Gasteiger partial charge in [0.25, 0.3) is 5.91 Å². The maximum atomic E-state index is 11.8. The van der Waals surface area contributed by atoms with Crippen molar-refractivity contribution in [3.63, 3.8) is 0 Å². The number of carbonyl (C=O) groups is 1. The minimum Gasteiger partial charge on any atom is -0.352 e. The Bertz CT molecular complexity index is 391. The predicted octanol–water partition coefficient (Wildman–Crippen LogP) is 0.827. The molecule has 4 N–H and O–H groups in total. The third-order valence-corrected chi connectivity index (χ3v) is 3.03. The number of carbonyl (C=O) groups excluding carboxylic acids is 1. The number of nitrogen functional groups attached to an aromatic ring is 1. The van der Waals surface area contributed by atoms with Crippen LogP contribution in [0.2, 0.25) is 0 Å². The normalized spacial score (nSPS) is 10.8. The second kappa shape index (κ2) is 7.70. The van der Waals surface area contributed by atoms with Crippen LogP contribution in [0.1, 0.15) is 30.6 Å².